The van der Waals surface area contributed by atoms with Crippen molar-refractivity contribution in [3.8, 4) is 22.9 Å². The summed E-state index contributed by atoms with van der Waals surface area (Å²) in [6.45, 7) is 3.83. The average Bonchev–Trinajstić information content (AvgIpc) is 3.32. The maximum atomic E-state index is 12.3. The highest BCUT2D eigenvalue weighted by atomic mass is 32.1. The third-order valence-electron chi connectivity index (χ3n) is 4.88. The summed E-state index contributed by atoms with van der Waals surface area (Å²) in [5.41, 5.74) is 8.68. The maximum absolute atomic E-state index is 12.3. The van der Waals surface area contributed by atoms with Gasteiger partial charge in [0.1, 0.15) is 17.5 Å². The molecule has 1 aromatic carbocycles. The Balaban J connectivity index is 1.88. The molecule has 1 aliphatic rings. The number of nitrogens with two attached hydrogens (primary N) is 1. The lowest BCUT2D eigenvalue weighted by Gasteiger charge is -2.27. The first-order valence-corrected chi connectivity index (χ1v) is 9.82. The minimum absolute atomic E-state index is 0.433. The first-order valence-electron chi connectivity index (χ1n) is 8.94. The van der Waals surface area contributed by atoms with E-state index >= 15 is 0 Å². The number of primary amides is 1. The zero-order chi connectivity index (χ0) is 20.7. The molecule has 1 amide bonds. The number of nitrogens with zero attached hydrogens (tertiary/aromatic N) is 3. The molecule has 3 aromatic rings. The lowest BCUT2D eigenvalue weighted by atomic mass is 9.99. The Morgan fingerprint density at radius 2 is 1.90 bits per heavy atom. The number of fused-ring (bicyclic) bond motifs is 1. The van der Waals surface area contributed by atoms with Gasteiger partial charge in [0.25, 0.3) is 0 Å². The van der Waals surface area contributed by atoms with Crippen molar-refractivity contribution >= 4 is 23.2 Å². The molecule has 0 aliphatic carbocycles. The number of benzene rings is 1. The first-order chi connectivity index (χ1) is 13.9. The molecular formula is C20H21N5O3S. The fourth-order valence-corrected chi connectivity index (χ4v) is 4.46. The van der Waals surface area contributed by atoms with Gasteiger partial charge in [-0.25, -0.2) is 4.68 Å². The minimum Gasteiger partial charge on any atom is -0.497 e. The third-order valence-corrected chi connectivity index (χ3v) is 5.95. The summed E-state index contributed by atoms with van der Waals surface area (Å²) in [5.74, 6) is 1.82. The molecule has 9 heteroatoms. The van der Waals surface area contributed by atoms with Crippen LogP contribution >= 0.6 is 11.3 Å². The molecule has 4 rings (SSSR count). The molecule has 0 bridgehead atoms. The molecular weight excluding hydrogens is 390 g/mol. The largest absolute Gasteiger partial charge is 0.497 e. The van der Waals surface area contributed by atoms with Crippen molar-refractivity contribution in [1.82, 2.24) is 14.8 Å². The number of nitrogens with one attached hydrogen (secondary N) is 1. The standard InChI is InChI=1S/C20H21N5O3S/c1-10-5-6-29-17(10)16-15(18(21)26)11(2)22-20-23-19(24-25(16)20)12-7-13(27-3)9-14(8-12)28-4/h5-9,16H,1-4H3,(H2,21,26)(H,22,23,24). The Kier molecular flexibility index (Phi) is 4.75. The summed E-state index contributed by atoms with van der Waals surface area (Å²) in [7, 11) is 3.18. The van der Waals surface area contributed by atoms with Crippen LogP contribution in [0.2, 0.25) is 0 Å². The van der Waals surface area contributed by atoms with Gasteiger partial charge in [0, 0.05) is 22.2 Å². The van der Waals surface area contributed by atoms with E-state index in [1.54, 1.807) is 36.3 Å². The van der Waals surface area contributed by atoms with Gasteiger partial charge in [-0.2, -0.15) is 4.98 Å². The summed E-state index contributed by atoms with van der Waals surface area (Å²) >= 11 is 1.56. The van der Waals surface area contributed by atoms with Crippen LogP contribution in [0.5, 0.6) is 11.5 Å². The molecule has 1 atom stereocenters. The molecule has 3 N–H and O–H groups in total. The summed E-state index contributed by atoms with van der Waals surface area (Å²) in [6.07, 6.45) is 0. The highest BCUT2D eigenvalue weighted by molar-refractivity contribution is 7.10. The Hall–Kier alpha value is -3.33. The zero-order valence-corrected chi connectivity index (χ0v) is 17.3. The highest BCUT2D eigenvalue weighted by Crippen LogP contribution is 2.40. The van der Waals surface area contributed by atoms with Crippen LogP contribution < -0.4 is 20.5 Å². The van der Waals surface area contributed by atoms with Crippen LogP contribution in [-0.2, 0) is 4.79 Å². The Morgan fingerprint density at radius 1 is 1.21 bits per heavy atom. The zero-order valence-electron chi connectivity index (χ0n) is 16.5. The van der Waals surface area contributed by atoms with Gasteiger partial charge in [-0.05, 0) is 43.0 Å². The quantitative estimate of drug-likeness (QED) is 0.669. The number of aromatic nitrogens is 3. The lowest BCUT2D eigenvalue weighted by Crippen LogP contribution is -2.31. The second-order valence-corrected chi connectivity index (χ2v) is 7.65. The van der Waals surface area contributed by atoms with Crippen LogP contribution in [0.3, 0.4) is 0 Å². The number of amides is 1. The molecule has 150 valence electrons. The third kappa shape index (κ3) is 3.23. The van der Waals surface area contributed by atoms with E-state index in [2.05, 4.69) is 10.3 Å². The molecule has 8 nitrogen and oxygen atoms in total. The first kappa shape index (κ1) is 19.0. The highest BCUT2D eigenvalue weighted by Gasteiger charge is 2.35. The average molecular weight is 411 g/mol. The van der Waals surface area contributed by atoms with Crippen molar-refractivity contribution in [3.05, 3.63) is 51.4 Å². The van der Waals surface area contributed by atoms with Crippen LogP contribution in [0.4, 0.5) is 5.95 Å². The summed E-state index contributed by atoms with van der Waals surface area (Å²) < 4.78 is 12.4. The van der Waals surface area contributed by atoms with E-state index < -0.39 is 11.9 Å². The Bertz CT molecular complexity index is 1110. The van der Waals surface area contributed by atoms with Crippen LogP contribution in [0.1, 0.15) is 23.4 Å². The predicted molar refractivity (Wildman–Crippen MR) is 111 cm³/mol. The van der Waals surface area contributed by atoms with Crippen molar-refractivity contribution in [1.29, 1.82) is 0 Å². The number of ether oxygens (including phenoxy) is 2. The summed E-state index contributed by atoms with van der Waals surface area (Å²) in [4.78, 5) is 17.9. The molecule has 0 radical (unpaired) electrons. The van der Waals surface area contributed by atoms with E-state index in [-0.39, 0.29) is 0 Å². The van der Waals surface area contributed by atoms with Gasteiger partial charge in [0.05, 0.1) is 19.8 Å². The van der Waals surface area contributed by atoms with Crippen molar-refractivity contribution in [2.45, 2.75) is 19.9 Å². The fraction of sp³-hybridized carbons (Fsp3) is 0.250. The SMILES string of the molecule is COc1cc(OC)cc(-c2nc3n(n2)C(c2sccc2C)C(C(N)=O)=C(C)N3)c1. The van der Waals surface area contributed by atoms with Crippen molar-refractivity contribution in [2.24, 2.45) is 5.73 Å². The van der Waals surface area contributed by atoms with E-state index in [4.69, 9.17) is 20.3 Å². The van der Waals surface area contributed by atoms with E-state index in [1.165, 1.54) is 0 Å². The smallest absolute Gasteiger partial charge is 0.248 e. The van der Waals surface area contributed by atoms with Gasteiger partial charge >= 0.3 is 0 Å². The molecule has 1 aliphatic heterocycles. The number of carbonyl (C=O) groups is 1. The number of allylic oxidation sites excluding steroid dienone is 1. The van der Waals surface area contributed by atoms with Crippen molar-refractivity contribution in [3.63, 3.8) is 0 Å². The second kappa shape index (κ2) is 7.25. The number of aryl methyl sites for hydroxylation is 1. The summed E-state index contributed by atoms with van der Waals surface area (Å²) in [5, 5.41) is 9.87. The van der Waals surface area contributed by atoms with Crippen LogP contribution in [0.25, 0.3) is 11.4 Å². The Morgan fingerprint density at radius 3 is 2.45 bits per heavy atom. The molecule has 0 spiro atoms. The number of carbonyl (C=O) groups excluding carboxylic acids is 1. The fourth-order valence-electron chi connectivity index (χ4n) is 3.44. The molecule has 0 saturated carbocycles. The van der Waals surface area contributed by atoms with E-state index in [0.29, 0.717) is 34.5 Å². The monoisotopic (exact) mass is 411 g/mol. The molecule has 0 saturated heterocycles. The number of hydrogen-bond acceptors (Lipinski definition) is 7. The predicted octanol–water partition coefficient (Wildman–Crippen LogP) is 3.11. The van der Waals surface area contributed by atoms with Crippen LogP contribution in [-0.4, -0.2) is 34.9 Å². The normalized spacial score (nSPS) is 15.7. The topological polar surface area (TPSA) is 104 Å². The van der Waals surface area contributed by atoms with Gasteiger partial charge in [0.15, 0.2) is 5.82 Å². The minimum atomic E-state index is -0.487. The molecule has 3 heterocycles. The number of thiophene rings is 1. The number of anilines is 1. The number of methoxy groups -OCH3 is 2. The Labute approximate surface area is 172 Å². The molecule has 29 heavy (non-hydrogen) atoms. The van der Waals surface area contributed by atoms with E-state index in [0.717, 1.165) is 16.0 Å². The maximum Gasteiger partial charge on any atom is 0.248 e. The van der Waals surface area contributed by atoms with Crippen LogP contribution in [0, 0.1) is 6.92 Å². The lowest BCUT2D eigenvalue weighted by molar-refractivity contribution is -0.115. The van der Waals surface area contributed by atoms with Crippen LogP contribution in [0.15, 0.2) is 40.9 Å². The number of rotatable bonds is 5. The van der Waals surface area contributed by atoms with Gasteiger partial charge < -0.3 is 20.5 Å². The van der Waals surface area contributed by atoms with Crippen molar-refractivity contribution < 1.29 is 14.3 Å². The van der Waals surface area contributed by atoms with Gasteiger partial charge in [-0.15, -0.1) is 16.4 Å². The molecule has 1 unspecified atom stereocenters. The van der Waals surface area contributed by atoms with Gasteiger partial charge in [-0.1, -0.05) is 0 Å². The van der Waals surface area contributed by atoms with Gasteiger partial charge in [-0.3, -0.25) is 4.79 Å². The second-order valence-electron chi connectivity index (χ2n) is 6.70. The van der Waals surface area contributed by atoms with Gasteiger partial charge in [0.2, 0.25) is 11.9 Å². The van der Waals surface area contributed by atoms with Crippen molar-refractivity contribution in [2.75, 3.05) is 19.5 Å². The van der Waals surface area contributed by atoms with E-state index in [1.807, 2.05) is 37.4 Å². The molecule has 2 aromatic heterocycles. The molecule has 0 fully saturated rings. The number of hydrogen-bond donors (Lipinski definition) is 2. The summed E-state index contributed by atoms with van der Waals surface area (Å²) in [6, 6.07) is 7.04. The van der Waals surface area contributed by atoms with E-state index in [9.17, 15) is 4.79 Å².